The van der Waals surface area contributed by atoms with E-state index in [1.807, 2.05) is 0 Å². The minimum atomic E-state index is -4.86. The maximum atomic E-state index is 12.5. The number of aryl methyl sites for hydroxylation is 1. The number of aromatic nitrogens is 2. The van der Waals surface area contributed by atoms with Crippen LogP contribution >= 0.6 is 0 Å². The van der Waals surface area contributed by atoms with E-state index in [0.29, 0.717) is 11.7 Å². The average Bonchev–Trinajstić information content (AvgIpc) is 3.02. The highest BCUT2D eigenvalue weighted by Gasteiger charge is 2.33. The molecule has 3 rings (SSSR count). The number of alkyl halides is 3. The van der Waals surface area contributed by atoms with Crippen molar-refractivity contribution < 1.29 is 32.0 Å². The van der Waals surface area contributed by atoms with Crippen LogP contribution in [-0.2, 0) is 4.74 Å². The summed E-state index contributed by atoms with van der Waals surface area (Å²) in [5.74, 6) is 0.177. The molecule has 1 atom stereocenters. The van der Waals surface area contributed by atoms with Crippen molar-refractivity contribution in [2.45, 2.75) is 19.4 Å². The molecule has 2 aromatic rings. The zero-order valence-corrected chi connectivity index (χ0v) is 13.6. The summed E-state index contributed by atoms with van der Waals surface area (Å²) in [5.41, 5.74) is -0.0896. The molecule has 0 radical (unpaired) electrons. The normalized spacial score (nSPS) is 17.8. The summed E-state index contributed by atoms with van der Waals surface area (Å²) in [6.45, 7) is 2.25. The molecule has 1 aliphatic heterocycles. The average molecular weight is 372 g/mol. The minimum absolute atomic E-state index is 0.0896. The molecule has 2 amide bonds. The number of para-hydroxylation sites is 2. The van der Waals surface area contributed by atoms with Crippen LogP contribution in [-0.4, -0.2) is 47.1 Å². The molecule has 2 heterocycles. The number of rotatable bonds is 3. The molecule has 1 saturated heterocycles. The number of nitrogens with one attached hydrogen (secondary N) is 1. The molecule has 0 saturated carbocycles. The third-order valence-corrected chi connectivity index (χ3v) is 3.54. The van der Waals surface area contributed by atoms with Crippen molar-refractivity contribution in [2.75, 3.05) is 25.0 Å². The molecule has 0 spiro atoms. The molecule has 1 N–H and O–H groups in total. The van der Waals surface area contributed by atoms with Crippen molar-refractivity contribution in [2.24, 2.45) is 0 Å². The molecule has 1 fully saturated rings. The fourth-order valence-electron chi connectivity index (χ4n) is 2.41. The second-order valence-electron chi connectivity index (χ2n) is 5.45. The van der Waals surface area contributed by atoms with Gasteiger partial charge in [-0.3, -0.25) is 0 Å². The summed E-state index contributed by atoms with van der Waals surface area (Å²) in [6, 6.07) is 4.72. The fraction of sp³-hybridized carbons (Fsp3) is 0.400. The van der Waals surface area contributed by atoms with E-state index in [2.05, 4.69) is 20.2 Å². The van der Waals surface area contributed by atoms with Gasteiger partial charge in [-0.05, 0) is 12.1 Å². The van der Waals surface area contributed by atoms with Gasteiger partial charge in [0.05, 0.1) is 18.8 Å². The maximum absolute atomic E-state index is 12.5. The topological polar surface area (TPSA) is 89.7 Å². The van der Waals surface area contributed by atoms with Gasteiger partial charge >= 0.3 is 12.4 Å². The molecule has 1 unspecified atom stereocenters. The summed E-state index contributed by atoms with van der Waals surface area (Å²) in [6.07, 6.45) is -5.44. The number of nitrogens with zero attached hydrogens (tertiary/aromatic N) is 3. The van der Waals surface area contributed by atoms with Crippen molar-refractivity contribution in [3.8, 4) is 5.75 Å². The number of urea groups is 1. The molecule has 0 bridgehead atoms. The molecule has 1 aromatic heterocycles. The van der Waals surface area contributed by atoms with E-state index in [1.54, 1.807) is 6.92 Å². The second-order valence-corrected chi connectivity index (χ2v) is 5.45. The second kappa shape index (κ2) is 7.20. The lowest BCUT2D eigenvalue weighted by Crippen LogP contribution is -2.44. The van der Waals surface area contributed by atoms with Crippen molar-refractivity contribution in [1.82, 2.24) is 15.0 Å². The first-order valence-corrected chi connectivity index (χ1v) is 7.64. The summed E-state index contributed by atoms with van der Waals surface area (Å²) >= 11 is 0. The van der Waals surface area contributed by atoms with Gasteiger partial charge in [-0.25, -0.2) is 4.79 Å². The van der Waals surface area contributed by atoms with Crippen molar-refractivity contribution in [3.63, 3.8) is 0 Å². The Morgan fingerprint density at radius 2 is 2.15 bits per heavy atom. The highest BCUT2D eigenvalue weighted by Crippen LogP contribution is 2.30. The number of amides is 2. The van der Waals surface area contributed by atoms with Gasteiger partial charge in [-0.2, -0.15) is 4.98 Å². The SMILES string of the molecule is Cc1nc(C2CN(C(=O)Nc3ccccc3OC(F)(F)F)CCO2)no1. The Bertz CT molecular complexity index is 780. The van der Waals surface area contributed by atoms with Crippen molar-refractivity contribution >= 4 is 11.7 Å². The van der Waals surface area contributed by atoms with E-state index >= 15 is 0 Å². The third kappa shape index (κ3) is 4.42. The first-order valence-electron chi connectivity index (χ1n) is 7.64. The highest BCUT2D eigenvalue weighted by atomic mass is 19.4. The van der Waals surface area contributed by atoms with Gasteiger partial charge in [0.15, 0.2) is 5.75 Å². The molecule has 8 nitrogen and oxygen atoms in total. The highest BCUT2D eigenvalue weighted by molar-refractivity contribution is 5.91. The van der Waals surface area contributed by atoms with Gasteiger partial charge in [0, 0.05) is 13.5 Å². The molecule has 11 heteroatoms. The van der Waals surface area contributed by atoms with E-state index in [9.17, 15) is 18.0 Å². The van der Waals surface area contributed by atoms with Crippen LogP contribution in [0.5, 0.6) is 5.75 Å². The maximum Gasteiger partial charge on any atom is 0.573 e. The number of carbonyl (C=O) groups excluding carboxylic acids is 1. The number of hydrogen-bond acceptors (Lipinski definition) is 6. The van der Waals surface area contributed by atoms with Gasteiger partial charge in [0.1, 0.15) is 6.10 Å². The van der Waals surface area contributed by atoms with Crippen LogP contribution in [0.3, 0.4) is 0 Å². The quantitative estimate of drug-likeness (QED) is 0.891. The zero-order chi connectivity index (χ0) is 18.7. The van der Waals surface area contributed by atoms with E-state index in [4.69, 9.17) is 9.26 Å². The van der Waals surface area contributed by atoms with Crippen LogP contribution in [0.1, 0.15) is 17.8 Å². The lowest BCUT2D eigenvalue weighted by atomic mass is 10.2. The van der Waals surface area contributed by atoms with E-state index < -0.39 is 24.2 Å². The van der Waals surface area contributed by atoms with Crippen LogP contribution < -0.4 is 10.1 Å². The summed E-state index contributed by atoms with van der Waals surface area (Å²) < 4.78 is 51.7. The van der Waals surface area contributed by atoms with Crippen molar-refractivity contribution in [3.05, 3.63) is 36.0 Å². The molecule has 140 valence electrons. The van der Waals surface area contributed by atoms with Crippen LogP contribution in [0.25, 0.3) is 0 Å². The Balaban J connectivity index is 1.68. The first-order chi connectivity index (χ1) is 12.3. The lowest BCUT2D eigenvalue weighted by molar-refractivity contribution is -0.274. The Labute approximate surface area is 145 Å². The van der Waals surface area contributed by atoms with Gasteiger partial charge in [-0.1, -0.05) is 17.3 Å². The standard InChI is InChI=1S/C15H15F3N4O4/c1-9-19-13(21-26-9)12-8-22(6-7-24-12)14(23)20-10-4-2-3-5-11(10)25-15(16,17)18/h2-5,12H,6-8H2,1H3,(H,20,23). The molecule has 0 aliphatic carbocycles. The summed E-state index contributed by atoms with van der Waals surface area (Å²) in [7, 11) is 0. The van der Waals surface area contributed by atoms with Gasteiger partial charge in [0.25, 0.3) is 0 Å². The van der Waals surface area contributed by atoms with Gasteiger partial charge < -0.3 is 24.2 Å². The summed E-state index contributed by atoms with van der Waals surface area (Å²) in [4.78, 5) is 17.9. The van der Waals surface area contributed by atoms with Gasteiger partial charge in [-0.15, -0.1) is 13.2 Å². The Morgan fingerprint density at radius 3 is 2.85 bits per heavy atom. The smallest absolute Gasteiger partial charge is 0.404 e. The minimum Gasteiger partial charge on any atom is -0.404 e. The van der Waals surface area contributed by atoms with Crippen LogP contribution in [0.15, 0.2) is 28.8 Å². The number of ether oxygens (including phenoxy) is 2. The van der Waals surface area contributed by atoms with E-state index in [0.717, 1.165) is 6.07 Å². The first kappa shape index (κ1) is 18.0. The van der Waals surface area contributed by atoms with Crippen LogP contribution in [0.2, 0.25) is 0 Å². The predicted molar refractivity (Wildman–Crippen MR) is 81.4 cm³/mol. The molecule has 1 aromatic carbocycles. The van der Waals surface area contributed by atoms with Crippen molar-refractivity contribution in [1.29, 1.82) is 0 Å². The van der Waals surface area contributed by atoms with Crippen LogP contribution in [0.4, 0.5) is 23.7 Å². The predicted octanol–water partition coefficient (Wildman–Crippen LogP) is 2.88. The Kier molecular flexibility index (Phi) is 4.98. The fourth-order valence-corrected chi connectivity index (χ4v) is 2.41. The third-order valence-electron chi connectivity index (χ3n) is 3.54. The summed E-state index contributed by atoms with van der Waals surface area (Å²) in [5, 5.41) is 6.18. The number of carbonyl (C=O) groups is 1. The van der Waals surface area contributed by atoms with Gasteiger partial charge in [0.2, 0.25) is 11.7 Å². The molecular formula is C15H15F3N4O4. The number of morpholine rings is 1. The number of hydrogen-bond donors (Lipinski definition) is 1. The van der Waals surface area contributed by atoms with Crippen LogP contribution in [0, 0.1) is 6.92 Å². The van der Waals surface area contributed by atoms with E-state index in [-0.39, 0.29) is 25.4 Å². The Hall–Kier alpha value is -2.82. The number of benzene rings is 1. The molecule has 26 heavy (non-hydrogen) atoms. The Morgan fingerprint density at radius 1 is 1.38 bits per heavy atom. The van der Waals surface area contributed by atoms with E-state index in [1.165, 1.54) is 23.1 Å². The monoisotopic (exact) mass is 372 g/mol. The lowest BCUT2D eigenvalue weighted by Gasteiger charge is -2.31. The number of anilines is 1. The largest absolute Gasteiger partial charge is 0.573 e. The molecule has 1 aliphatic rings. The zero-order valence-electron chi connectivity index (χ0n) is 13.6. The molecular weight excluding hydrogens is 357 g/mol. The number of halogens is 3.